The Kier molecular flexibility index (Phi) is 3.03. The zero-order valence-corrected chi connectivity index (χ0v) is 11.4. The van der Waals surface area contributed by atoms with E-state index in [0.717, 1.165) is 11.1 Å². The molecule has 1 heterocycles. The van der Waals surface area contributed by atoms with E-state index >= 15 is 0 Å². The summed E-state index contributed by atoms with van der Waals surface area (Å²) in [5.74, 6) is -0.167. The first-order chi connectivity index (χ1) is 9.54. The molecule has 0 aromatic heterocycles. The van der Waals surface area contributed by atoms with Crippen molar-refractivity contribution in [1.82, 2.24) is 4.90 Å². The number of amides is 1. The van der Waals surface area contributed by atoms with Crippen molar-refractivity contribution in [2.24, 2.45) is 0 Å². The third kappa shape index (κ3) is 2.18. The molecule has 0 radical (unpaired) electrons. The van der Waals surface area contributed by atoms with Crippen LogP contribution in [0.2, 0.25) is 5.02 Å². The van der Waals surface area contributed by atoms with Crippen molar-refractivity contribution in [2.75, 3.05) is 5.73 Å². The molecule has 0 aliphatic carbocycles. The Morgan fingerprint density at radius 3 is 2.70 bits per heavy atom. The van der Waals surface area contributed by atoms with Gasteiger partial charge < -0.3 is 15.7 Å². The Bertz CT molecular complexity index is 700. The quantitative estimate of drug-likeness (QED) is 0.793. The molecule has 0 fully saturated rings. The third-order valence-corrected chi connectivity index (χ3v) is 3.75. The van der Waals surface area contributed by atoms with E-state index in [1.165, 1.54) is 18.2 Å². The minimum absolute atomic E-state index is 0.0266. The minimum atomic E-state index is -0.194. The molecule has 0 saturated carbocycles. The van der Waals surface area contributed by atoms with Crippen LogP contribution in [-0.2, 0) is 13.1 Å². The van der Waals surface area contributed by atoms with Gasteiger partial charge in [-0.3, -0.25) is 4.79 Å². The number of aromatic hydroxyl groups is 1. The van der Waals surface area contributed by atoms with Crippen molar-refractivity contribution in [3.63, 3.8) is 0 Å². The zero-order valence-electron chi connectivity index (χ0n) is 10.6. The van der Waals surface area contributed by atoms with Crippen molar-refractivity contribution in [3.05, 3.63) is 58.1 Å². The van der Waals surface area contributed by atoms with Crippen molar-refractivity contribution in [3.8, 4) is 5.75 Å². The van der Waals surface area contributed by atoms with Gasteiger partial charge in [-0.1, -0.05) is 17.7 Å². The Hall–Kier alpha value is -2.20. The van der Waals surface area contributed by atoms with Gasteiger partial charge in [-0.25, -0.2) is 0 Å². The lowest BCUT2D eigenvalue weighted by molar-refractivity contribution is 0.0751. The van der Waals surface area contributed by atoms with E-state index in [2.05, 4.69) is 0 Å². The van der Waals surface area contributed by atoms with Crippen LogP contribution < -0.4 is 5.73 Å². The number of hydrogen-bond donors (Lipinski definition) is 2. The van der Waals surface area contributed by atoms with Gasteiger partial charge in [0.15, 0.2) is 0 Å². The van der Waals surface area contributed by atoms with Gasteiger partial charge in [-0.05, 0) is 41.5 Å². The summed E-state index contributed by atoms with van der Waals surface area (Å²) in [6.45, 7) is 1.03. The predicted molar refractivity (Wildman–Crippen MR) is 77.5 cm³/mol. The van der Waals surface area contributed by atoms with Crippen LogP contribution in [0.5, 0.6) is 5.75 Å². The van der Waals surface area contributed by atoms with Crippen LogP contribution in [0.4, 0.5) is 5.69 Å². The maximum atomic E-state index is 12.5. The number of rotatable bonds is 1. The van der Waals surface area contributed by atoms with Crippen LogP contribution in [0.1, 0.15) is 21.5 Å². The summed E-state index contributed by atoms with van der Waals surface area (Å²) >= 11 is 6.03. The van der Waals surface area contributed by atoms with Crippen LogP contribution in [0.25, 0.3) is 0 Å². The molecule has 0 atom stereocenters. The second-order valence-electron chi connectivity index (χ2n) is 4.85. The lowest BCUT2D eigenvalue weighted by Gasteiger charge is -2.16. The molecule has 0 bridgehead atoms. The summed E-state index contributed by atoms with van der Waals surface area (Å²) in [5.41, 5.74) is 8.89. The first-order valence-corrected chi connectivity index (χ1v) is 6.57. The third-order valence-electron chi connectivity index (χ3n) is 3.42. The topological polar surface area (TPSA) is 66.6 Å². The summed E-state index contributed by atoms with van der Waals surface area (Å²) in [6, 6.07) is 10.0. The molecule has 1 aliphatic heterocycles. The average Bonchev–Trinajstić information content (AvgIpc) is 2.83. The summed E-state index contributed by atoms with van der Waals surface area (Å²) in [4.78, 5) is 14.2. The molecule has 3 rings (SSSR count). The highest BCUT2D eigenvalue weighted by molar-refractivity contribution is 6.33. The lowest BCUT2D eigenvalue weighted by atomic mass is 10.1. The molecule has 5 heteroatoms. The standard InChI is InChI=1S/C15H13ClN2O2/c16-14-4-3-12(19)6-13(14)15(20)18-7-9-1-2-11(17)5-10(9)8-18/h1-6,19H,7-8,17H2. The first-order valence-electron chi connectivity index (χ1n) is 6.19. The van der Waals surface area contributed by atoms with Gasteiger partial charge in [-0.2, -0.15) is 0 Å². The Balaban J connectivity index is 1.89. The molecule has 0 saturated heterocycles. The van der Waals surface area contributed by atoms with E-state index in [-0.39, 0.29) is 11.7 Å². The number of nitrogens with zero attached hydrogens (tertiary/aromatic N) is 1. The number of anilines is 1. The van der Waals surface area contributed by atoms with E-state index in [0.29, 0.717) is 29.4 Å². The fraction of sp³-hybridized carbons (Fsp3) is 0.133. The van der Waals surface area contributed by atoms with Crippen molar-refractivity contribution in [1.29, 1.82) is 0 Å². The van der Waals surface area contributed by atoms with E-state index in [1.807, 2.05) is 18.2 Å². The highest BCUT2D eigenvalue weighted by atomic mass is 35.5. The molecule has 20 heavy (non-hydrogen) atoms. The zero-order chi connectivity index (χ0) is 14.3. The van der Waals surface area contributed by atoms with Crippen molar-refractivity contribution >= 4 is 23.2 Å². The molecule has 102 valence electrons. The fourth-order valence-electron chi connectivity index (χ4n) is 2.41. The highest BCUT2D eigenvalue weighted by Gasteiger charge is 2.25. The van der Waals surface area contributed by atoms with Crippen LogP contribution in [0.3, 0.4) is 0 Å². The highest BCUT2D eigenvalue weighted by Crippen LogP contribution is 2.29. The lowest BCUT2D eigenvalue weighted by Crippen LogP contribution is -2.25. The number of nitrogen functional groups attached to an aromatic ring is 1. The number of nitrogens with two attached hydrogens (primary N) is 1. The molecule has 4 nitrogen and oxygen atoms in total. The molecular formula is C15H13ClN2O2. The molecule has 1 amide bonds. The second-order valence-corrected chi connectivity index (χ2v) is 5.26. The number of benzene rings is 2. The maximum Gasteiger partial charge on any atom is 0.256 e. The van der Waals surface area contributed by atoms with E-state index in [9.17, 15) is 9.90 Å². The van der Waals surface area contributed by atoms with Gasteiger partial charge in [0.05, 0.1) is 10.6 Å². The van der Waals surface area contributed by atoms with Gasteiger partial charge in [0, 0.05) is 18.8 Å². The predicted octanol–water partition coefficient (Wildman–Crippen LogP) is 2.78. The Labute approximate surface area is 121 Å². The molecular weight excluding hydrogens is 276 g/mol. The minimum Gasteiger partial charge on any atom is -0.508 e. The van der Waals surface area contributed by atoms with Gasteiger partial charge in [-0.15, -0.1) is 0 Å². The van der Waals surface area contributed by atoms with Crippen LogP contribution in [-0.4, -0.2) is 15.9 Å². The van der Waals surface area contributed by atoms with Crippen LogP contribution >= 0.6 is 11.6 Å². The second kappa shape index (κ2) is 4.72. The smallest absolute Gasteiger partial charge is 0.256 e. The summed E-state index contributed by atoms with van der Waals surface area (Å²) in [5, 5.41) is 9.83. The van der Waals surface area contributed by atoms with Gasteiger partial charge in [0.25, 0.3) is 5.91 Å². The van der Waals surface area contributed by atoms with E-state index < -0.39 is 0 Å². The largest absolute Gasteiger partial charge is 0.508 e. The fourth-order valence-corrected chi connectivity index (χ4v) is 2.60. The SMILES string of the molecule is Nc1ccc2c(c1)CN(C(=O)c1cc(O)ccc1Cl)C2. The summed E-state index contributed by atoms with van der Waals surface area (Å²) in [6.07, 6.45) is 0. The number of phenolic OH excluding ortho intramolecular Hbond substituents is 1. The molecule has 0 unspecified atom stereocenters. The normalized spacial score (nSPS) is 13.3. The summed E-state index contributed by atoms with van der Waals surface area (Å²) < 4.78 is 0. The van der Waals surface area contributed by atoms with Gasteiger partial charge in [0.2, 0.25) is 0 Å². The monoisotopic (exact) mass is 288 g/mol. The Morgan fingerprint density at radius 1 is 1.15 bits per heavy atom. The number of hydrogen-bond acceptors (Lipinski definition) is 3. The number of carbonyl (C=O) groups excluding carboxylic acids is 1. The maximum absolute atomic E-state index is 12.5. The Morgan fingerprint density at radius 2 is 1.90 bits per heavy atom. The molecule has 2 aromatic rings. The van der Waals surface area contributed by atoms with Crippen LogP contribution in [0, 0.1) is 0 Å². The van der Waals surface area contributed by atoms with Crippen LogP contribution in [0.15, 0.2) is 36.4 Å². The first kappa shape index (κ1) is 12.8. The van der Waals surface area contributed by atoms with E-state index in [4.69, 9.17) is 17.3 Å². The number of halogens is 1. The number of carbonyl (C=O) groups is 1. The number of phenols is 1. The van der Waals surface area contributed by atoms with E-state index in [1.54, 1.807) is 4.90 Å². The molecule has 0 spiro atoms. The summed E-state index contributed by atoms with van der Waals surface area (Å²) in [7, 11) is 0. The molecule has 1 aliphatic rings. The number of fused-ring (bicyclic) bond motifs is 1. The average molecular weight is 289 g/mol. The van der Waals surface area contributed by atoms with Crippen molar-refractivity contribution < 1.29 is 9.90 Å². The van der Waals surface area contributed by atoms with Crippen molar-refractivity contribution in [2.45, 2.75) is 13.1 Å². The van der Waals surface area contributed by atoms with Gasteiger partial charge >= 0.3 is 0 Å². The molecule has 3 N–H and O–H groups in total. The van der Waals surface area contributed by atoms with Gasteiger partial charge in [0.1, 0.15) is 5.75 Å². The molecule has 2 aromatic carbocycles.